The van der Waals surface area contributed by atoms with Gasteiger partial charge < -0.3 is 9.84 Å². The standard InChI is InChI=1S/C9H17NO3/c1-13-6-5-10-4-2-3-8(10)7-9(11)12/h8H,2-7H2,1H3,(H,11,12)/t8-/m1/s1. The number of hydrogen-bond donors (Lipinski definition) is 1. The predicted octanol–water partition coefficient (Wildman–Crippen LogP) is 0.572. The summed E-state index contributed by atoms with van der Waals surface area (Å²) in [7, 11) is 1.67. The Balaban J connectivity index is 2.30. The molecule has 0 unspecified atom stereocenters. The van der Waals surface area contributed by atoms with Crippen LogP contribution in [0.5, 0.6) is 0 Å². The second-order valence-electron chi connectivity index (χ2n) is 3.42. The molecule has 13 heavy (non-hydrogen) atoms. The minimum Gasteiger partial charge on any atom is -0.481 e. The van der Waals surface area contributed by atoms with Gasteiger partial charge in [-0.1, -0.05) is 0 Å². The van der Waals surface area contributed by atoms with E-state index in [9.17, 15) is 4.79 Å². The van der Waals surface area contributed by atoms with Gasteiger partial charge in [-0.3, -0.25) is 9.69 Å². The molecule has 0 amide bonds. The van der Waals surface area contributed by atoms with E-state index in [0.29, 0.717) is 6.61 Å². The van der Waals surface area contributed by atoms with Gasteiger partial charge in [-0.2, -0.15) is 0 Å². The van der Waals surface area contributed by atoms with Gasteiger partial charge in [0, 0.05) is 19.7 Å². The summed E-state index contributed by atoms with van der Waals surface area (Å²) in [5.74, 6) is -0.700. The first-order valence-corrected chi connectivity index (χ1v) is 4.69. The fourth-order valence-electron chi connectivity index (χ4n) is 1.83. The molecule has 0 aliphatic carbocycles. The van der Waals surface area contributed by atoms with Crippen LogP contribution in [0, 0.1) is 0 Å². The Morgan fingerprint density at radius 2 is 2.46 bits per heavy atom. The average molecular weight is 187 g/mol. The monoisotopic (exact) mass is 187 g/mol. The number of carboxylic acids is 1. The van der Waals surface area contributed by atoms with E-state index < -0.39 is 5.97 Å². The smallest absolute Gasteiger partial charge is 0.304 e. The van der Waals surface area contributed by atoms with Crippen molar-refractivity contribution in [1.29, 1.82) is 0 Å². The second kappa shape index (κ2) is 5.19. The fraction of sp³-hybridized carbons (Fsp3) is 0.889. The zero-order chi connectivity index (χ0) is 9.68. The second-order valence-corrected chi connectivity index (χ2v) is 3.42. The van der Waals surface area contributed by atoms with Crippen molar-refractivity contribution < 1.29 is 14.6 Å². The van der Waals surface area contributed by atoms with E-state index in [2.05, 4.69) is 4.90 Å². The maximum absolute atomic E-state index is 10.5. The van der Waals surface area contributed by atoms with E-state index >= 15 is 0 Å². The summed E-state index contributed by atoms with van der Waals surface area (Å²) in [5, 5.41) is 8.66. The van der Waals surface area contributed by atoms with Gasteiger partial charge in [0.1, 0.15) is 0 Å². The predicted molar refractivity (Wildman–Crippen MR) is 48.7 cm³/mol. The highest BCUT2D eigenvalue weighted by molar-refractivity contribution is 5.67. The molecular weight excluding hydrogens is 170 g/mol. The number of carbonyl (C=O) groups is 1. The molecule has 1 aliphatic rings. The van der Waals surface area contributed by atoms with E-state index in [-0.39, 0.29) is 12.5 Å². The number of aliphatic carboxylic acids is 1. The van der Waals surface area contributed by atoms with Crippen molar-refractivity contribution in [2.75, 3.05) is 26.8 Å². The van der Waals surface area contributed by atoms with E-state index in [4.69, 9.17) is 9.84 Å². The lowest BCUT2D eigenvalue weighted by molar-refractivity contribution is -0.138. The van der Waals surface area contributed by atoms with Crippen LogP contribution in [0.15, 0.2) is 0 Å². The fourth-order valence-corrected chi connectivity index (χ4v) is 1.83. The third kappa shape index (κ3) is 3.32. The molecule has 1 rings (SSSR count). The first-order chi connectivity index (χ1) is 6.24. The molecule has 0 aromatic carbocycles. The van der Waals surface area contributed by atoms with Crippen molar-refractivity contribution in [3.63, 3.8) is 0 Å². The van der Waals surface area contributed by atoms with Crippen LogP contribution < -0.4 is 0 Å². The molecule has 0 aromatic rings. The summed E-state index contributed by atoms with van der Waals surface area (Å²) in [6.07, 6.45) is 2.39. The van der Waals surface area contributed by atoms with Crippen molar-refractivity contribution >= 4 is 5.97 Å². The quantitative estimate of drug-likeness (QED) is 0.683. The summed E-state index contributed by atoms with van der Waals surface area (Å²) in [4.78, 5) is 12.7. The van der Waals surface area contributed by atoms with E-state index in [1.807, 2.05) is 0 Å². The molecular formula is C9H17NO3. The number of ether oxygens (including phenoxy) is 1. The number of rotatable bonds is 5. The van der Waals surface area contributed by atoms with E-state index in [1.54, 1.807) is 7.11 Å². The molecule has 1 heterocycles. The zero-order valence-corrected chi connectivity index (χ0v) is 8.03. The summed E-state index contributed by atoms with van der Waals surface area (Å²) in [5.41, 5.74) is 0. The van der Waals surface area contributed by atoms with Gasteiger partial charge in [0.05, 0.1) is 13.0 Å². The Labute approximate surface area is 78.5 Å². The highest BCUT2D eigenvalue weighted by Gasteiger charge is 2.25. The van der Waals surface area contributed by atoms with Crippen LogP contribution in [0.2, 0.25) is 0 Å². The minimum atomic E-state index is -0.700. The molecule has 1 fully saturated rings. The largest absolute Gasteiger partial charge is 0.481 e. The first-order valence-electron chi connectivity index (χ1n) is 4.69. The van der Waals surface area contributed by atoms with Gasteiger partial charge in [0.15, 0.2) is 0 Å². The molecule has 0 saturated carbocycles. The van der Waals surface area contributed by atoms with Crippen LogP contribution in [0.1, 0.15) is 19.3 Å². The molecule has 0 spiro atoms. The number of carboxylic acid groups (broad SMARTS) is 1. The molecule has 1 atom stereocenters. The molecule has 1 N–H and O–H groups in total. The third-order valence-electron chi connectivity index (χ3n) is 2.49. The summed E-state index contributed by atoms with van der Waals surface area (Å²) < 4.78 is 4.97. The Bertz CT molecular complexity index is 172. The van der Waals surface area contributed by atoms with Crippen LogP contribution in [0.25, 0.3) is 0 Å². The normalized spacial score (nSPS) is 23.6. The van der Waals surface area contributed by atoms with Crippen molar-refractivity contribution in [1.82, 2.24) is 4.90 Å². The van der Waals surface area contributed by atoms with Crippen LogP contribution in [0.3, 0.4) is 0 Å². The average Bonchev–Trinajstić information content (AvgIpc) is 2.48. The van der Waals surface area contributed by atoms with Gasteiger partial charge >= 0.3 is 5.97 Å². The van der Waals surface area contributed by atoms with Gasteiger partial charge in [-0.25, -0.2) is 0 Å². The summed E-state index contributed by atoms with van der Waals surface area (Å²) >= 11 is 0. The molecule has 1 saturated heterocycles. The van der Waals surface area contributed by atoms with Gasteiger partial charge in [0.25, 0.3) is 0 Å². The number of nitrogens with zero attached hydrogens (tertiary/aromatic N) is 1. The Morgan fingerprint density at radius 3 is 3.08 bits per heavy atom. The van der Waals surface area contributed by atoms with Crippen LogP contribution in [-0.2, 0) is 9.53 Å². The van der Waals surface area contributed by atoms with Crippen LogP contribution in [0.4, 0.5) is 0 Å². The maximum Gasteiger partial charge on any atom is 0.304 e. The van der Waals surface area contributed by atoms with Crippen LogP contribution >= 0.6 is 0 Å². The number of hydrogen-bond acceptors (Lipinski definition) is 3. The molecule has 0 radical (unpaired) electrons. The van der Waals surface area contributed by atoms with Crippen molar-refractivity contribution in [3.05, 3.63) is 0 Å². The molecule has 1 aliphatic heterocycles. The summed E-state index contributed by atoms with van der Waals surface area (Å²) in [6, 6.07) is 0.229. The molecule has 76 valence electrons. The topological polar surface area (TPSA) is 49.8 Å². The summed E-state index contributed by atoms with van der Waals surface area (Å²) in [6.45, 7) is 2.56. The van der Waals surface area contributed by atoms with Crippen LogP contribution in [-0.4, -0.2) is 48.8 Å². The number of likely N-dealkylation sites (tertiary alicyclic amines) is 1. The van der Waals surface area contributed by atoms with Crippen molar-refractivity contribution in [3.8, 4) is 0 Å². The Morgan fingerprint density at radius 1 is 1.69 bits per heavy atom. The van der Waals surface area contributed by atoms with Crippen molar-refractivity contribution in [2.45, 2.75) is 25.3 Å². The lowest BCUT2D eigenvalue weighted by Crippen LogP contribution is -2.33. The first kappa shape index (κ1) is 10.5. The number of methoxy groups -OCH3 is 1. The lowest BCUT2D eigenvalue weighted by Gasteiger charge is -2.22. The van der Waals surface area contributed by atoms with E-state index in [0.717, 1.165) is 25.9 Å². The highest BCUT2D eigenvalue weighted by Crippen LogP contribution is 2.19. The molecule has 0 bridgehead atoms. The zero-order valence-electron chi connectivity index (χ0n) is 8.03. The SMILES string of the molecule is COCCN1CCC[C@@H]1CC(=O)O. The Kier molecular flexibility index (Phi) is 4.18. The lowest BCUT2D eigenvalue weighted by atomic mass is 10.1. The maximum atomic E-state index is 10.5. The Hall–Kier alpha value is -0.610. The molecule has 4 nitrogen and oxygen atoms in total. The van der Waals surface area contributed by atoms with Gasteiger partial charge in [-0.05, 0) is 19.4 Å². The van der Waals surface area contributed by atoms with Crippen molar-refractivity contribution in [2.24, 2.45) is 0 Å². The van der Waals surface area contributed by atoms with Gasteiger partial charge in [-0.15, -0.1) is 0 Å². The van der Waals surface area contributed by atoms with E-state index in [1.165, 1.54) is 0 Å². The third-order valence-corrected chi connectivity index (χ3v) is 2.49. The minimum absolute atomic E-state index is 0.229. The highest BCUT2D eigenvalue weighted by atomic mass is 16.5. The molecule has 4 heteroatoms. The van der Waals surface area contributed by atoms with Gasteiger partial charge in [0.2, 0.25) is 0 Å². The molecule has 0 aromatic heterocycles.